The summed E-state index contributed by atoms with van der Waals surface area (Å²) in [6.07, 6.45) is 0.768. The van der Waals surface area contributed by atoms with Crippen molar-refractivity contribution in [1.29, 1.82) is 0 Å². The van der Waals surface area contributed by atoms with Crippen LogP contribution in [0.5, 0.6) is 0 Å². The van der Waals surface area contributed by atoms with Crippen LogP contribution in [0.15, 0.2) is 29.1 Å². The van der Waals surface area contributed by atoms with Gasteiger partial charge in [-0.1, -0.05) is 24.3 Å². The maximum absolute atomic E-state index is 13.5. The molecule has 0 bridgehead atoms. The Morgan fingerprint density at radius 3 is 2.91 bits per heavy atom. The Balaban J connectivity index is 1.84. The minimum Gasteiger partial charge on any atom is -0.379 e. The van der Waals surface area contributed by atoms with Gasteiger partial charge in [-0.05, 0) is 31.0 Å². The van der Waals surface area contributed by atoms with Crippen LogP contribution in [-0.4, -0.2) is 14.6 Å². The molecule has 3 rings (SSSR count). The van der Waals surface area contributed by atoms with Crippen LogP contribution in [0.2, 0.25) is 0 Å². The Hall–Kier alpha value is -2.28. The summed E-state index contributed by atoms with van der Waals surface area (Å²) in [5.74, 6) is -0.261. The van der Waals surface area contributed by atoms with Crippen LogP contribution in [0.25, 0.3) is 4.96 Å². The highest BCUT2D eigenvalue weighted by atomic mass is 32.1. The van der Waals surface area contributed by atoms with Crippen LogP contribution in [0.1, 0.15) is 23.2 Å². The van der Waals surface area contributed by atoms with Crippen molar-refractivity contribution in [2.75, 3.05) is 5.32 Å². The highest BCUT2D eigenvalue weighted by Gasteiger charge is 2.08. The second-order valence-electron chi connectivity index (χ2n) is 4.95. The van der Waals surface area contributed by atoms with Gasteiger partial charge < -0.3 is 5.32 Å². The fourth-order valence-electron chi connectivity index (χ4n) is 2.02. The quantitative estimate of drug-likeness (QED) is 0.803. The number of nitrogens with one attached hydrogen (secondary N) is 1. The SMILES string of the molecule is CCc1nn2c(=O)cc(CNc3ccc(C)c(F)c3)nc2s1. The molecule has 2 aromatic heterocycles. The van der Waals surface area contributed by atoms with Crippen LogP contribution >= 0.6 is 11.3 Å². The van der Waals surface area contributed by atoms with Gasteiger partial charge >= 0.3 is 0 Å². The number of anilines is 1. The number of rotatable bonds is 4. The molecule has 0 spiro atoms. The second kappa shape index (κ2) is 5.84. The first-order valence-corrected chi connectivity index (χ1v) is 7.77. The number of halogens is 1. The molecule has 2 heterocycles. The van der Waals surface area contributed by atoms with Crippen LogP contribution in [0.4, 0.5) is 10.1 Å². The average Bonchev–Trinajstić information content (AvgIpc) is 2.92. The van der Waals surface area contributed by atoms with Gasteiger partial charge in [0.25, 0.3) is 5.56 Å². The smallest absolute Gasteiger partial charge is 0.275 e. The predicted molar refractivity (Wildman–Crippen MR) is 85.0 cm³/mol. The Morgan fingerprint density at radius 2 is 2.18 bits per heavy atom. The molecule has 0 radical (unpaired) electrons. The maximum atomic E-state index is 13.5. The molecule has 0 amide bonds. The molecule has 0 unspecified atom stereocenters. The first kappa shape index (κ1) is 14.6. The van der Waals surface area contributed by atoms with Gasteiger partial charge in [-0.3, -0.25) is 4.79 Å². The summed E-state index contributed by atoms with van der Waals surface area (Å²) in [5.41, 5.74) is 1.66. The van der Waals surface area contributed by atoms with Gasteiger partial charge in [-0.25, -0.2) is 9.37 Å². The standard InChI is InChI=1S/C15H15FN4OS/c1-3-13-19-20-14(21)7-11(18-15(20)22-13)8-17-10-5-4-9(2)12(16)6-10/h4-7,17H,3,8H2,1-2H3. The van der Waals surface area contributed by atoms with Gasteiger partial charge in [0.15, 0.2) is 0 Å². The molecule has 0 aliphatic rings. The van der Waals surface area contributed by atoms with Gasteiger partial charge in [-0.2, -0.15) is 9.61 Å². The molecule has 0 aliphatic carbocycles. The van der Waals surface area contributed by atoms with E-state index in [2.05, 4.69) is 15.4 Å². The summed E-state index contributed by atoms with van der Waals surface area (Å²) >= 11 is 1.40. The van der Waals surface area contributed by atoms with Gasteiger partial charge in [0.2, 0.25) is 4.96 Å². The lowest BCUT2D eigenvalue weighted by atomic mass is 10.2. The zero-order chi connectivity index (χ0) is 15.7. The van der Waals surface area contributed by atoms with Crippen molar-refractivity contribution in [1.82, 2.24) is 14.6 Å². The molecule has 114 valence electrons. The molecule has 0 fully saturated rings. The first-order chi connectivity index (χ1) is 10.6. The lowest BCUT2D eigenvalue weighted by Gasteiger charge is -2.06. The maximum Gasteiger partial charge on any atom is 0.275 e. The number of fused-ring (bicyclic) bond motifs is 1. The number of aryl methyl sites for hydroxylation is 2. The van der Waals surface area contributed by atoms with Crippen molar-refractivity contribution in [3.8, 4) is 0 Å². The Kier molecular flexibility index (Phi) is 3.89. The molecule has 0 atom stereocenters. The lowest BCUT2D eigenvalue weighted by molar-refractivity contribution is 0.619. The zero-order valence-electron chi connectivity index (χ0n) is 12.3. The third-order valence-electron chi connectivity index (χ3n) is 3.29. The topological polar surface area (TPSA) is 59.3 Å². The van der Waals surface area contributed by atoms with E-state index >= 15 is 0 Å². The van der Waals surface area contributed by atoms with Gasteiger partial charge in [0.05, 0.1) is 12.2 Å². The van der Waals surface area contributed by atoms with Gasteiger partial charge in [-0.15, -0.1) is 0 Å². The van der Waals surface area contributed by atoms with Crippen molar-refractivity contribution in [3.05, 3.63) is 56.7 Å². The minimum absolute atomic E-state index is 0.201. The summed E-state index contributed by atoms with van der Waals surface area (Å²) in [6.45, 7) is 4.05. The van der Waals surface area contributed by atoms with Crippen molar-refractivity contribution < 1.29 is 4.39 Å². The van der Waals surface area contributed by atoms with Crippen LogP contribution in [0.3, 0.4) is 0 Å². The number of aromatic nitrogens is 3. The van der Waals surface area contributed by atoms with E-state index in [4.69, 9.17) is 0 Å². The van der Waals surface area contributed by atoms with Gasteiger partial charge in [0, 0.05) is 11.8 Å². The van der Waals surface area contributed by atoms with E-state index in [1.54, 1.807) is 19.1 Å². The number of nitrogens with zero attached hydrogens (tertiary/aromatic N) is 3. The fourth-order valence-corrected chi connectivity index (χ4v) is 2.88. The summed E-state index contributed by atoms with van der Waals surface area (Å²) < 4.78 is 14.8. The summed E-state index contributed by atoms with van der Waals surface area (Å²) in [4.78, 5) is 17.0. The number of benzene rings is 1. The summed E-state index contributed by atoms with van der Waals surface area (Å²) in [6, 6.07) is 6.39. The molecule has 0 saturated heterocycles. The lowest BCUT2D eigenvalue weighted by Crippen LogP contribution is -2.16. The monoisotopic (exact) mass is 318 g/mol. The van der Waals surface area contributed by atoms with E-state index in [9.17, 15) is 9.18 Å². The van der Waals surface area contributed by atoms with E-state index in [1.807, 2.05) is 6.92 Å². The van der Waals surface area contributed by atoms with E-state index in [1.165, 1.54) is 28.0 Å². The van der Waals surface area contributed by atoms with E-state index < -0.39 is 0 Å². The average molecular weight is 318 g/mol. The van der Waals surface area contributed by atoms with Gasteiger partial charge in [0.1, 0.15) is 10.8 Å². The van der Waals surface area contributed by atoms with Crippen molar-refractivity contribution in [2.24, 2.45) is 0 Å². The second-order valence-corrected chi connectivity index (χ2v) is 5.99. The molecule has 5 nitrogen and oxygen atoms in total. The highest BCUT2D eigenvalue weighted by molar-refractivity contribution is 7.16. The van der Waals surface area contributed by atoms with Crippen LogP contribution in [-0.2, 0) is 13.0 Å². The fraction of sp³-hybridized carbons (Fsp3) is 0.267. The molecule has 22 heavy (non-hydrogen) atoms. The number of hydrogen-bond donors (Lipinski definition) is 1. The Morgan fingerprint density at radius 1 is 1.36 bits per heavy atom. The minimum atomic E-state index is -0.261. The molecule has 0 aliphatic heterocycles. The van der Waals surface area contributed by atoms with E-state index in [-0.39, 0.29) is 11.4 Å². The first-order valence-electron chi connectivity index (χ1n) is 6.95. The van der Waals surface area contributed by atoms with E-state index in [0.29, 0.717) is 28.5 Å². The van der Waals surface area contributed by atoms with Crippen molar-refractivity contribution in [3.63, 3.8) is 0 Å². The van der Waals surface area contributed by atoms with E-state index in [0.717, 1.165) is 11.4 Å². The molecule has 0 saturated carbocycles. The third-order valence-corrected chi connectivity index (χ3v) is 4.34. The number of hydrogen-bond acceptors (Lipinski definition) is 5. The largest absolute Gasteiger partial charge is 0.379 e. The third kappa shape index (κ3) is 2.85. The summed E-state index contributed by atoms with van der Waals surface area (Å²) in [5, 5.41) is 8.15. The molecule has 1 aromatic carbocycles. The molecular weight excluding hydrogens is 303 g/mol. The summed E-state index contributed by atoms with van der Waals surface area (Å²) in [7, 11) is 0. The normalized spacial score (nSPS) is 11.0. The van der Waals surface area contributed by atoms with Crippen LogP contribution in [0, 0.1) is 12.7 Å². The molecular formula is C15H15FN4OS. The molecule has 7 heteroatoms. The Labute approximate surface area is 130 Å². The zero-order valence-corrected chi connectivity index (χ0v) is 13.1. The Bertz CT molecular complexity index is 887. The molecule has 3 aromatic rings. The van der Waals surface area contributed by atoms with Crippen molar-refractivity contribution in [2.45, 2.75) is 26.8 Å². The van der Waals surface area contributed by atoms with Crippen LogP contribution < -0.4 is 10.9 Å². The predicted octanol–water partition coefficient (Wildman–Crippen LogP) is 2.77. The van der Waals surface area contributed by atoms with Crippen molar-refractivity contribution >= 4 is 22.0 Å². The highest BCUT2D eigenvalue weighted by Crippen LogP contribution is 2.15. The molecule has 1 N–H and O–H groups in total.